The molecule has 0 saturated carbocycles. The van der Waals surface area contributed by atoms with Crippen LogP contribution in [-0.4, -0.2) is 27.8 Å². The highest BCUT2D eigenvalue weighted by Gasteiger charge is 2.34. The van der Waals surface area contributed by atoms with Crippen LogP contribution in [0.25, 0.3) is 0 Å². The number of hydrogen-bond acceptors (Lipinski definition) is 6. The molecular formula is C22H20FN3O6S2. The van der Waals surface area contributed by atoms with E-state index in [1.165, 1.54) is 65.0 Å². The summed E-state index contributed by atoms with van der Waals surface area (Å²) in [6, 6.07) is 13.3. The minimum Gasteiger partial charge on any atom is -0.280 e. The van der Waals surface area contributed by atoms with E-state index >= 15 is 0 Å². The smallest absolute Gasteiger partial charge is 0.270 e. The summed E-state index contributed by atoms with van der Waals surface area (Å²) in [4.78, 5) is 9.86. The Morgan fingerprint density at radius 2 is 1.71 bits per heavy atom. The number of rotatable bonds is 6. The molecule has 0 amide bonds. The van der Waals surface area contributed by atoms with Gasteiger partial charge in [-0.1, -0.05) is 6.07 Å². The van der Waals surface area contributed by atoms with Crippen molar-refractivity contribution in [3.05, 3.63) is 88.2 Å². The molecule has 1 heterocycles. The maximum absolute atomic E-state index is 13.6. The lowest BCUT2D eigenvalue weighted by Crippen LogP contribution is -2.42. The second kappa shape index (κ2) is 8.69. The zero-order valence-electron chi connectivity index (χ0n) is 17.9. The standard InChI is InChI=1S/C22H20FN3O6S2/c1-15-5-6-16-13-17(23)7-12-22(16)25(15)34(31,32)20-10-8-18(9-11-20)24-33(29,30)21-4-2-3-19(14-21)26(27)28/h2-4,7-15,24H,5-6H2,1H3/t15-/m0/s1. The lowest BCUT2D eigenvalue weighted by atomic mass is 9.99. The third kappa shape index (κ3) is 4.46. The molecule has 0 bridgehead atoms. The average molecular weight is 506 g/mol. The number of nitro benzene ring substituents is 1. The van der Waals surface area contributed by atoms with Crippen LogP contribution in [0.1, 0.15) is 18.9 Å². The first-order chi connectivity index (χ1) is 16.0. The molecule has 0 aliphatic carbocycles. The van der Waals surface area contributed by atoms with Crippen LogP contribution in [-0.2, 0) is 26.5 Å². The number of anilines is 2. The molecule has 1 aliphatic rings. The van der Waals surface area contributed by atoms with Crippen molar-refractivity contribution in [2.75, 3.05) is 9.03 Å². The Hall–Kier alpha value is -3.51. The quantitative estimate of drug-likeness (QED) is 0.398. The van der Waals surface area contributed by atoms with Crippen LogP contribution in [0.3, 0.4) is 0 Å². The molecule has 3 aromatic rings. The van der Waals surface area contributed by atoms with Crippen LogP contribution in [0.5, 0.6) is 0 Å². The van der Waals surface area contributed by atoms with E-state index in [1.807, 2.05) is 0 Å². The largest absolute Gasteiger partial charge is 0.280 e. The fourth-order valence-electron chi connectivity index (χ4n) is 3.84. The minimum atomic E-state index is -4.14. The van der Waals surface area contributed by atoms with Crippen molar-refractivity contribution in [2.45, 2.75) is 35.6 Å². The monoisotopic (exact) mass is 505 g/mol. The highest BCUT2D eigenvalue weighted by atomic mass is 32.2. The Balaban J connectivity index is 1.62. The lowest BCUT2D eigenvalue weighted by molar-refractivity contribution is -0.385. The predicted molar refractivity (Wildman–Crippen MR) is 124 cm³/mol. The highest BCUT2D eigenvalue weighted by Crippen LogP contribution is 2.36. The number of sulfonamides is 2. The van der Waals surface area contributed by atoms with Gasteiger partial charge in [-0.25, -0.2) is 21.2 Å². The molecule has 0 radical (unpaired) electrons. The molecule has 0 saturated heterocycles. The fraction of sp³-hybridized carbons (Fsp3) is 0.182. The van der Waals surface area contributed by atoms with Gasteiger partial charge in [-0.3, -0.25) is 19.1 Å². The Bertz CT molecular complexity index is 1470. The van der Waals surface area contributed by atoms with Gasteiger partial charge >= 0.3 is 0 Å². The van der Waals surface area contributed by atoms with E-state index in [1.54, 1.807) is 6.92 Å². The first-order valence-corrected chi connectivity index (χ1v) is 13.1. The Kier molecular flexibility index (Phi) is 6.04. The van der Waals surface area contributed by atoms with Crippen molar-refractivity contribution >= 4 is 37.1 Å². The van der Waals surface area contributed by atoms with E-state index < -0.39 is 30.8 Å². The Morgan fingerprint density at radius 1 is 1.00 bits per heavy atom. The van der Waals surface area contributed by atoms with Gasteiger partial charge in [0, 0.05) is 23.9 Å². The molecule has 1 aliphatic heterocycles. The normalized spacial score (nSPS) is 16.1. The maximum atomic E-state index is 13.6. The van der Waals surface area contributed by atoms with E-state index in [-0.39, 0.29) is 27.2 Å². The number of non-ortho nitro benzene ring substituents is 1. The zero-order valence-corrected chi connectivity index (χ0v) is 19.5. The van der Waals surface area contributed by atoms with Crippen molar-refractivity contribution < 1.29 is 26.1 Å². The molecule has 0 fully saturated rings. The summed E-state index contributed by atoms with van der Waals surface area (Å²) in [7, 11) is -8.15. The molecule has 4 rings (SSSR count). The number of nitrogens with zero attached hydrogens (tertiary/aromatic N) is 2. The molecular weight excluding hydrogens is 485 g/mol. The molecule has 34 heavy (non-hydrogen) atoms. The van der Waals surface area contributed by atoms with Gasteiger partial charge in [0.05, 0.1) is 20.4 Å². The highest BCUT2D eigenvalue weighted by molar-refractivity contribution is 7.93. The van der Waals surface area contributed by atoms with Crippen molar-refractivity contribution in [1.29, 1.82) is 0 Å². The minimum absolute atomic E-state index is 0.0604. The maximum Gasteiger partial charge on any atom is 0.270 e. The summed E-state index contributed by atoms with van der Waals surface area (Å²) in [5.74, 6) is -0.439. The van der Waals surface area contributed by atoms with Gasteiger partial charge in [-0.2, -0.15) is 0 Å². The average Bonchev–Trinajstić information content (AvgIpc) is 2.79. The SMILES string of the molecule is C[C@H]1CCc2cc(F)ccc2N1S(=O)(=O)c1ccc(NS(=O)(=O)c2cccc([N+](=O)[O-])c2)cc1. The fourth-order valence-corrected chi connectivity index (χ4v) is 6.66. The molecule has 1 atom stereocenters. The van der Waals surface area contributed by atoms with Crippen LogP contribution in [0.4, 0.5) is 21.5 Å². The lowest BCUT2D eigenvalue weighted by Gasteiger charge is -2.36. The summed E-state index contributed by atoms with van der Waals surface area (Å²) >= 11 is 0. The van der Waals surface area contributed by atoms with Crippen molar-refractivity contribution in [3.8, 4) is 0 Å². The molecule has 3 aromatic carbocycles. The van der Waals surface area contributed by atoms with E-state index in [9.17, 15) is 31.3 Å². The first kappa shape index (κ1) is 23.6. The Labute approximate surface area is 196 Å². The van der Waals surface area contributed by atoms with E-state index in [0.29, 0.717) is 24.1 Å². The van der Waals surface area contributed by atoms with Gasteiger partial charge in [-0.05, 0) is 73.9 Å². The third-order valence-electron chi connectivity index (χ3n) is 5.51. The summed E-state index contributed by atoms with van der Waals surface area (Å²) < 4.78 is 69.2. The number of nitrogens with one attached hydrogen (secondary N) is 1. The molecule has 0 spiro atoms. The third-order valence-corrected chi connectivity index (χ3v) is 8.83. The van der Waals surface area contributed by atoms with Gasteiger partial charge in [-0.15, -0.1) is 0 Å². The topological polar surface area (TPSA) is 127 Å². The van der Waals surface area contributed by atoms with Gasteiger partial charge < -0.3 is 0 Å². The van der Waals surface area contributed by atoms with Crippen LogP contribution >= 0.6 is 0 Å². The van der Waals surface area contributed by atoms with Crippen LogP contribution in [0.15, 0.2) is 76.5 Å². The predicted octanol–water partition coefficient (Wildman–Crippen LogP) is 4.06. The van der Waals surface area contributed by atoms with Gasteiger partial charge in [0.15, 0.2) is 0 Å². The molecule has 0 aromatic heterocycles. The van der Waals surface area contributed by atoms with E-state index in [2.05, 4.69) is 4.72 Å². The van der Waals surface area contributed by atoms with Gasteiger partial charge in [0.1, 0.15) is 5.82 Å². The summed E-state index contributed by atoms with van der Waals surface area (Å²) in [5.41, 5.74) is 0.721. The number of aryl methyl sites for hydroxylation is 1. The van der Waals surface area contributed by atoms with E-state index in [4.69, 9.17) is 0 Å². The van der Waals surface area contributed by atoms with Crippen LogP contribution < -0.4 is 9.03 Å². The van der Waals surface area contributed by atoms with E-state index in [0.717, 1.165) is 6.07 Å². The summed E-state index contributed by atoms with van der Waals surface area (Å²) in [6.07, 6.45) is 1.08. The molecule has 1 N–H and O–H groups in total. The van der Waals surface area contributed by atoms with Gasteiger partial charge in [0.25, 0.3) is 25.7 Å². The number of nitro groups is 1. The molecule has 178 valence electrons. The number of hydrogen-bond donors (Lipinski definition) is 1. The number of benzene rings is 3. The Morgan fingerprint density at radius 3 is 2.38 bits per heavy atom. The summed E-state index contributed by atoms with van der Waals surface area (Å²) in [5, 5.41) is 10.9. The molecule has 0 unspecified atom stereocenters. The second-order valence-electron chi connectivity index (χ2n) is 7.85. The van der Waals surface area contributed by atoms with Crippen molar-refractivity contribution in [1.82, 2.24) is 0 Å². The van der Waals surface area contributed by atoms with Crippen molar-refractivity contribution in [3.63, 3.8) is 0 Å². The molecule has 9 nitrogen and oxygen atoms in total. The van der Waals surface area contributed by atoms with Crippen LogP contribution in [0, 0.1) is 15.9 Å². The number of halogens is 1. The number of fused-ring (bicyclic) bond motifs is 1. The van der Waals surface area contributed by atoms with Crippen molar-refractivity contribution in [2.24, 2.45) is 0 Å². The van der Waals surface area contributed by atoms with Gasteiger partial charge in [0.2, 0.25) is 0 Å². The molecule has 12 heteroatoms. The second-order valence-corrected chi connectivity index (χ2v) is 11.3. The van der Waals surface area contributed by atoms with Crippen LogP contribution in [0.2, 0.25) is 0 Å². The summed E-state index contributed by atoms with van der Waals surface area (Å²) in [6.45, 7) is 1.77. The zero-order chi connectivity index (χ0) is 24.7. The first-order valence-electron chi connectivity index (χ1n) is 10.2.